The quantitative estimate of drug-likeness (QED) is 0.829. The molecule has 0 aliphatic carbocycles. The lowest BCUT2D eigenvalue weighted by Gasteiger charge is -2.17. The third kappa shape index (κ3) is 3.73. The Morgan fingerprint density at radius 2 is 2.05 bits per heavy atom. The van der Waals surface area contributed by atoms with E-state index in [2.05, 4.69) is 54.0 Å². The molecule has 1 heterocycles. The highest BCUT2D eigenvalue weighted by atomic mass is 16.5. The van der Waals surface area contributed by atoms with Gasteiger partial charge in [-0.2, -0.15) is 0 Å². The molecule has 1 aromatic heterocycles. The fourth-order valence-electron chi connectivity index (χ4n) is 2.37. The molecule has 1 unspecified atom stereocenters. The summed E-state index contributed by atoms with van der Waals surface area (Å²) in [5.74, 6) is -0.344. The normalized spacial score (nSPS) is 12.2. The van der Waals surface area contributed by atoms with Gasteiger partial charge in [-0.25, -0.2) is 4.79 Å². The van der Waals surface area contributed by atoms with Gasteiger partial charge in [0, 0.05) is 18.3 Å². The van der Waals surface area contributed by atoms with E-state index in [9.17, 15) is 4.79 Å². The van der Waals surface area contributed by atoms with E-state index in [1.807, 2.05) is 6.07 Å². The number of ether oxygens (including phenoxy) is 1. The maximum absolute atomic E-state index is 11.4. The SMILES string of the molecule is COC(=O)c1ccc(CNC(C)c2cc(C)ccc2C)[nH]1. The Morgan fingerprint density at radius 1 is 1.29 bits per heavy atom. The zero-order valence-corrected chi connectivity index (χ0v) is 13.0. The van der Waals surface area contributed by atoms with Crippen LogP contribution < -0.4 is 5.32 Å². The van der Waals surface area contributed by atoms with Gasteiger partial charge in [0.05, 0.1) is 7.11 Å². The number of rotatable bonds is 5. The van der Waals surface area contributed by atoms with Gasteiger partial charge in [0.25, 0.3) is 0 Å². The molecule has 1 atom stereocenters. The molecule has 4 heteroatoms. The summed E-state index contributed by atoms with van der Waals surface area (Å²) in [5, 5.41) is 3.47. The molecule has 0 saturated carbocycles. The molecule has 0 aliphatic rings. The molecule has 0 saturated heterocycles. The number of carbonyl (C=O) groups excluding carboxylic acids is 1. The van der Waals surface area contributed by atoms with Crippen molar-refractivity contribution in [3.05, 3.63) is 58.4 Å². The fourth-order valence-corrected chi connectivity index (χ4v) is 2.37. The first-order valence-corrected chi connectivity index (χ1v) is 7.08. The molecule has 2 aromatic rings. The van der Waals surface area contributed by atoms with Crippen molar-refractivity contribution in [3.63, 3.8) is 0 Å². The monoisotopic (exact) mass is 286 g/mol. The first-order chi connectivity index (χ1) is 10.0. The van der Waals surface area contributed by atoms with Gasteiger partial charge < -0.3 is 15.0 Å². The van der Waals surface area contributed by atoms with Gasteiger partial charge in [0.1, 0.15) is 5.69 Å². The van der Waals surface area contributed by atoms with Crippen LogP contribution in [0.15, 0.2) is 30.3 Å². The van der Waals surface area contributed by atoms with Crippen molar-refractivity contribution in [1.82, 2.24) is 10.3 Å². The van der Waals surface area contributed by atoms with Gasteiger partial charge in [-0.1, -0.05) is 23.8 Å². The van der Waals surface area contributed by atoms with Gasteiger partial charge in [0.2, 0.25) is 0 Å². The predicted octanol–water partition coefficient (Wildman–Crippen LogP) is 3.27. The lowest BCUT2D eigenvalue weighted by Crippen LogP contribution is -2.19. The van der Waals surface area contributed by atoms with Gasteiger partial charge in [-0.3, -0.25) is 0 Å². The second-order valence-electron chi connectivity index (χ2n) is 5.35. The van der Waals surface area contributed by atoms with Crippen LogP contribution in [-0.4, -0.2) is 18.1 Å². The summed E-state index contributed by atoms with van der Waals surface area (Å²) in [6.45, 7) is 7.04. The third-order valence-electron chi connectivity index (χ3n) is 3.65. The second-order valence-corrected chi connectivity index (χ2v) is 5.35. The van der Waals surface area contributed by atoms with Crippen molar-refractivity contribution in [2.24, 2.45) is 0 Å². The number of hydrogen-bond donors (Lipinski definition) is 2. The summed E-state index contributed by atoms with van der Waals surface area (Å²) in [6.07, 6.45) is 0. The molecule has 21 heavy (non-hydrogen) atoms. The third-order valence-corrected chi connectivity index (χ3v) is 3.65. The number of aromatic nitrogens is 1. The maximum atomic E-state index is 11.4. The molecule has 0 amide bonds. The lowest BCUT2D eigenvalue weighted by atomic mass is 10.00. The average molecular weight is 286 g/mol. The molecule has 112 valence electrons. The van der Waals surface area contributed by atoms with Crippen molar-refractivity contribution in [3.8, 4) is 0 Å². The highest BCUT2D eigenvalue weighted by molar-refractivity contribution is 5.87. The fraction of sp³-hybridized carbons (Fsp3) is 0.353. The molecule has 2 rings (SSSR count). The van der Waals surface area contributed by atoms with E-state index in [4.69, 9.17) is 0 Å². The number of nitrogens with one attached hydrogen (secondary N) is 2. The summed E-state index contributed by atoms with van der Waals surface area (Å²) >= 11 is 0. The smallest absolute Gasteiger partial charge is 0.354 e. The number of H-pyrrole nitrogens is 1. The predicted molar refractivity (Wildman–Crippen MR) is 83.3 cm³/mol. The zero-order chi connectivity index (χ0) is 15.4. The number of hydrogen-bond acceptors (Lipinski definition) is 3. The number of benzene rings is 1. The first kappa shape index (κ1) is 15.3. The minimum atomic E-state index is -0.344. The van der Waals surface area contributed by atoms with Crippen LogP contribution in [0, 0.1) is 13.8 Å². The van der Waals surface area contributed by atoms with Crippen LogP contribution in [0.4, 0.5) is 0 Å². The number of carbonyl (C=O) groups is 1. The van der Waals surface area contributed by atoms with Gasteiger partial charge in [-0.05, 0) is 44.0 Å². The van der Waals surface area contributed by atoms with E-state index in [1.54, 1.807) is 6.07 Å². The minimum absolute atomic E-state index is 0.245. The van der Waals surface area contributed by atoms with Crippen molar-refractivity contribution >= 4 is 5.97 Å². The van der Waals surface area contributed by atoms with Crippen molar-refractivity contribution < 1.29 is 9.53 Å². The summed E-state index contributed by atoms with van der Waals surface area (Å²) in [5.41, 5.74) is 5.29. The molecule has 0 spiro atoms. The maximum Gasteiger partial charge on any atom is 0.354 e. The number of aromatic amines is 1. The number of methoxy groups -OCH3 is 1. The molecular formula is C17H22N2O2. The van der Waals surface area contributed by atoms with Crippen LogP contribution >= 0.6 is 0 Å². The molecular weight excluding hydrogens is 264 g/mol. The Hall–Kier alpha value is -2.07. The zero-order valence-electron chi connectivity index (χ0n) is 13.0. The molecule has 0 aliphatic heterocycles. The highest BCUT2D eigenvalue weighted by Crippen LogP contribution is 2.19. The molecule has 0 radical (unpaired) electrons. The second kappa shape index (κ2) is 6.59. The van der Waals surface area contributed by atoms with E-state index < -0.39 is 0 Å². The van der Waals surface area contributed by atoms with Crippen LogP contribution in [0.25, 0.3) is 0 Å². The van der Waals surface area contributed by atoms with Gasteiger partial charge in [-0.15, -0.1) is 0 Å². The summed E-state index contributed by atoms with van der Waals surface area (Å²) in [6, 6.07) is 10.4. The van der Waals surface area contributed by atoms with Crippen LogP contribution in [0.1, 0.15) is 45.8 Å². The Labute approximate surface area is 125 Å². The Bertz CT molecular complexity index is 631. The topological polar surface area (TPSA) is 54.1 Å². The molecule has 0 fully saturated rings. The van der Waals surface area contributed by atoms with E-state index in [1.165, 1.54) is 23.8 Å². The Kier molecular flexibility index (Phi) is 4.81. The molecule has 2 N–H and O–H groups in total. The van der Waals surface area contributed by atoms with Crippen LogP contribution in [0.2, 0.25) is 0 Å². The lowest BCUT2D eigenvalue weighted by molar-refractivity contribution is 0.0594. The summed E-state index contributed by atoms with van der Waals surface area (Å²) < 4.78 is 4.68. The van der Waals surface area contributed by atoms with Crippen molar-refractivity contribution in [2.45, 2.75) is 33.4 Å². The molecule has 4 nitrogen and oxygen atoms in total. The van der Waals surface area contributed by atoms with Crippen LogP contribution in [0.5, 0.6) is 0 Å². The van der Waals surface area contributed by atoms with Gasteiger partial charge >= 0.3 is 5.97 Å². The molecule has 0 bridgehead atoms. The van der Waals surface area contributed by atoms with Gasteiger partial charge in [0.15, 0.2) is 0 Å². The Balaban J connectivity index is 2.00. The standard InChI is InChI=1S/C17H22N2O2/c1-11-5-6-12(2)15(9-11)13(3)18-10-14-7-8-16(19-14)17(20)21-4/h5-9,13,18-19H,10H2,1-4H3. The Morgan fingerprint density at radius 3 is 2.76 bits per heavy atom. The molecule has 1 aromatic carbocycles. The van der Waals surface area contributed by atoms with E-state index in [0.29, 0.717) is 12.2 Å². The van der Waals surface area contributed by atoms with Crippen LogP contribution in [0.3, 0.4) is 0 Å². The largest absolute Gasteiger partial charge is 0.464 e. The van der Waals surface area contributed by atoms with E-state index in [0.717, 1.165) is 5.69 Å². The minimum Gasteiger partial charge on any atom is -0.464 e. The highest BCUT2D eigenvalue weighted by Gasteiger charge is 2.11. The van der Waals surface area contributed by atoms with Crippen LogP contribution in [-0.2, 0) is 11.3 Å². The van der Waals surface area contributed by atoms with Crippen molar-refractivity contribution in [2.75, 3.05) is 7.11 Å². The summed E-state index contributed by atoms with van der Waals surface area (Å²) in [4.78, 5) is 14.5. The number of esters is 1. The number of aryl methyl sites for hydroxylation is 2. The average Bonchev–Trinajstić information content (AvgIpc) is 2.95. The van der Waals surface area contributed by atoms with E-state index in [-0.39, 0.29) is 12.0 Å². The van der Waals surface area contributed by atoms with Crippen molar-refractivity contribution in [1.29, 1.82) is 0 Å². The van der Waals surface area contributed by atoms with E-state index >= 15 is 0 Å². The first-order valence-electron chi connectivity index (χ1n) is 7.08. The summed E-state index contributed by atoms with van der Waals surface area (Å²) in [7, 11) is 1.38.